The van der Waals surface area contributed by atoms with Crippen LogP contribution in [0.25, 0.3) is 0 Å². The van der Waals surface area contributed by atoms with E-state index in [9.17, 15) is 12.8 Å². The lowest BCUT2D eigenvalue weighted by atomic mass is 10.0. The summed E-state index contributed by atoms with van der Waals surface area (Å²) in [5.41, 5.74) is 0.401. The first-order chi connectivity index (χ1) is 8.90. The van der Waals surface area contributed by atoms with Gasteiger partial charge in [0.2, 0.25) is 10.0 Å². The van der Waals surface area contributed by atoms with Gasteiger partial charge in [0.05, 0.1) is 4.90 Å². The minimum atomic E-state index is -3.59. The van der Waals surface area contributed by atoms with E-state index in [1.54, 1.807) is 6.92 Å². The fourth-order valence-corrected chi connectivity index (χ4v) is 3.47. The zero-order valence-corrected chi connectivity index (χ0v) is 12.7. The predicted octanol–water partition coefficient (Wildman–Crippen LogP) is 3.07. The summed E-state index contributed by atoms with van der Waals surface area (Å²) < 4.78 is 39.8. The largest absolute Gasteiger partial charge is 0.240 e. The summed E-state index contributed by atoms with van der Waals surface area (Å²) in [6.07, 6.45) is 1.63. The van der Waals surface area contributed by atoms with E-state index in [1.807, 2.05) is 6.92 Å². The number of rotatable bonds is 7. The molecule has 3 nitrogen and oxygen atoms in total. The maximum atomic E-state index is 13.0. The van der Waals surface area contributed by atoms with Gasteiger partial charge in [-0.1, -0.05) is 13.3 Å². The van der Waals surface area contributed by atoms with Crippen LogP contribution < -0.4 is 4.72 Å². The summed E-state index contributed by atoms with van der Waals surface area (Å²) >= 11 is 5.67. The summed E-state index contributed by atoms with van der Waals surface area (Å²) in [6, 6.07) is 3.65. The Hall–Kier alpha value is -0.650. The second kappa shape index (κ2) is 7.22. The lowest BCUT2D eigenvalue weighted by molar-refractivity contribution is 0.481. The van der Waals surface area contributed by atoms with Crippen LogP contribution in [0.2, 0.25) is 0 Å². The molecule has 0 saturated heterocycles. The van der Waals surface area contributed by atoms with Crippen molar-refractivity contribution in [2.75, 3.05) is 12.4 Å². The van der Waals surface area contributed by atoms with Crippen molar-refractivity contribution < 1.29 is 12.8 Å². The van der Waals surface area contributed by atoms with Crippen molar-refractivity contribution in [3.05, 3.63) is 29.6 Å². The number of alkyl halides is 1. The van der Waals surface area contributed by atoms with E-state index in [2.05, 4.69) is 4.72 Å². The number of nitrogens with one attached hydrogen (secondary N) is 1. The number of hydrogen-bond acceptors (Lipinski definition) is 2. The van der Waals surface area contributed by atoms with Gasteiger partial charge in [-0.3, -0.25) is 0 Å². The first kappa shape index (κ1) is 16.4. The molecular weight excluding hydrogens is 289 g/mol. The van der Waals surface area contributed by atoms with Crippen LogP contribution in [0.5, 0.6) is 0 Å². The molecule has 1 atom stereocenters. The molecule has 1 rings (SSSR count). The number of halogens is 2. The van der Waals surface area contributed by atoms with E-state index in [0.29, 0.717) is 18.0 Å². The van der Waals surface area contributed by atoms with E-state index < -0.39 is 15.8 Å². The fourth-order valence-electron chi connectivity index (χ4n) is 1.82. The van der Waals surface area contributed by atoms with Crippen LogP contribution in [-0.4, -0.2) is 20.8 Å². The second-order valence-corrected chi connectivity index (χ2v) is 6.63. The normalized spacial score (nSPS) is 13.5. The molecule has 0 heterocycles. The fraction of sp³-hybridized carbons (Fsp3) is 0.538. The van der Waals surface area contributed by atoms with Gasteiger partial charge < -0.3 is 0 Å². The first-order valence-electron chi connectivity index (χ1n) is 6.22. The molecule has 0 aromatic heterocycles. The van der Waals surface area contributed by atoms with Crippen molar-refractivity contribution in [3.63, 3.8) is 0 Å². The third-order valence-corrected chi connectivity index (χ3v) is 4.89. The van der Waals surface area contributed by atoms with Crippen molar-refractivity contribution >= 4 is 21.6 Å². The summed E-state index contributed by atoms with van der Waals surface area (Å²) in [6.45, 7) is 3.92. The molecule has 0 aliphatic heterocycles. The highest BCUT2D eigenvalue weighted by molar-refractivity contribution is 7.89. The van der Waals surface area contributed by atoms with Gasteiger partial charge in [-0.25, -0.2) is 17.5 Å². The van der Waals surface area contributed by atoms with Crippen LogP contribution in [0.1, 0.15) is 25.3 Å². The Labute approximate surface area is 119 Å². The molecule has 1 aromatic rings. The molecule has 0 fully saturated rings. The highest BCUT2D eigenvalue weighted by Gasteiger charge is 2.18. The molecule has 6 heteroatoms. The summed E-state index contributed by atoms with van der Waals surface area (Å²) in [5, 5.41) is 0. The number of sulfonamides is 1. The van der Waals surface area contributed by atoms with Crippen LogP contribution in [0.15, 0.2) is 23.1 Å². The molecule has 1 unspecified atom stereocenters. The Kier molecular flexibility index (Phi) is 6.23. The molecule has 0 amide bonds. The molecular formula is C13H19ClFNO2S. The predicted molar refractivity (Wildman–Crippen MR) is 75.4 cm³/mol. The second-order valence-electron chi connectivity index (χ2n) is 4.51. The van der Waals surface area contributed by atoms with Gasteiger partial charge >= 0.3 is 0 Å². The molecule has 19 heavy (non-hydrogen) atoms. The van der Waals surface area contributed by atoms with Crippen LogP contribution >= 0.6 is 11.6 Å². The van der Waals surface area contributed by atoms with Crippen molar-refractivity contribution in [2.24, 2.45) is 5.92 Å². The Morgan fingerprint density at radius 2 is 2.11 bits per heavy atom. The van der Waals surface area contributed by atoms with E-state index in [0.717, 1.165) is 18.9 Å². The molecule has 0 aliphatic rings. The molecule has 0 saturated carbocycles. The number of hydrogen-bond donors (Lipinski definition) is 1. The zero-order chi connectivity index (χ0) is 14.5. The minimum Gasteiger partial charge on any atom is -0.211 e. The van der Waals surface area contributed by atoms with Crippen LogP contribution in [0.4, 0.5) is 4.39 Å². The Morgan fingerprint density at radius 1 is 1.42 bits per heavy atom. The molecule has 0 spiro atoms. The molecule has 108 valence electrons. The highest BCUT2D eigenvalue weighted by Crippen LogP contribution is 2.17. The lowest BCUT2D eigenvalue weighted by Crippen LogP contribution is -2.30. The maximum Gasteiger partial charge on any atom is 0.240 e. The summed E-state index contributed by atoms with van der Waals surface area (Å²) in [4.78, 5) is 0.120. The average molecular weight is 308 g/mol. The van der Waals surface area contributed by atoms with Crippen molar-refractivity contribution in [1.82, 2.24) is 4.72 Å². The summed E-state index contributed by atoms with van der Waals surface area (Å²) in [7, 11) is -3.59. The van der Waals surface area contributed by atoms with Gasteiger partial charge in [-0.05, 0) is 43.0 Å². The van der Waals surface area contributed by atoms with Gasteiger partial charge in [0.1, 0.15) is 5.82 Å². The molecule has 0 radical (unpaired) electrons. The van der Waals surface area contributed by atoms with E-state index >= 15 is 0 Å². The third-order valence-electron chi connectivity index (χ3n) is 3.08. The third kappa shape index (κ3) is 4.75. The minimum absolute atomic E-state index is 0.120. The Morgan fingerprint density at radius 3 is 2.63 bits per heavy atom. The highest BCUT2D eigenvalue weighted by atomic mass is 35.5. The Balaban J connectivity index is 2.81. The Bertz CT molecular complexity index is 519. The van der Waals surface area contributed by atoms with Crippen molar-refractivity contribution in [2.45, 2.75) is 31.6 Å². The zero-order valence-electron chi connectivity index (χ0n) is 11.1. The van der Waals surface area contributed by atoms with E-state index in [-0.39, 0.29) is 10.8 Å². The lowest BCUT2D eigenvalue weighted by Gasteiger charge is -2.15. The first-order valence-corrected chi connectivity index (χ1v) is 8.24. The topological polar surface area (TPSA) is 46.2 Å². The van der Waals surface area contributed by atoms with Crippen molar-refractivity contribution in [3.8, 4) is 0 Å². The average Bonchev–Trinajstić information content (AvgIpc) is 2.34. The molecule has 1 N–H and O–H groups in total. The standard InChI is InChI=1S/C13H19ClFNO2S/c1-3-11(6-7-14)9-16-19(17,18)13-5-4-12(15)8-10(13)2/h4-5,8,11,16H,3,6-7,9H2,1-2H3. The van der Waals surface area contributed by atoms with Gasteiger partial charge in [0.25, 0.3) is 0 Å². The SMILES string of the molecule is CCC(CCCl)CNS(=O)(=O)c1ccc(F)cc1C. The number of benzene rings is 1. The van der Waals surface area contributed by atoms with Crippen LogP contribution in [-0.2, 0) is 10.0 Å². The van der Waals surface area contributed by atoms with Gasteiger partial charge in [-0.15, -0.1) is 11.6 Å². The molecule has 0 aliphatic carbocycles. The monoisotopic (exact) mass is 307 g/mol. The van der Waals surface area contributed by atoms with Gasteiger partial charge in [0.15, 0.2) is 0 Å². The van der Waals surface area contributed by atoms with E-state index in [1.165, 1.54) is 12.1 Å². The van der Waals surface area contributed by atoms with Crippen LogP contribution in [0.3, 0.4) is 0 Å². The molecule has 1 aromatic carbocycles. The van der Waals surface area contributed by atoms with Gasteiger partial charge in [0, 0.05) is 12.4 Å². The maximum absolute atomic E-state index is 13.0. The summed E-state index contributed by atoms with van der Waals surface area (Å²) in [5.74, 6) is 0.286. The van der Waals surface area contributed by atoms with Gasteiger partial charge in [-0.2, -0.15) is 0 Å². The number of aryl methyl sites for hydroxylation is 1. The van der Waals surface area contributed by atoms with E-state index in [4.69, 9.17) is 11.6 Å². The quantitative estimate of drug-likeness (QED) is 0.787. The smallest absolute Gasteiger partial charge is 0.211 e. The van der Waals surface area contributed by atoms with Crippen molar-refractivity contribution in [1.29, 1.82) is 0 Å². The molecule has 0 bridgehead atoms. The van der Waals surface area contributed by atoms with Crippen LogP contribution in [0, 0.1) is 18.7 Å².